The summed E-state index contributed by atoms with van der Waals surface area (Å²) in [6.45, 7) is 2.33. The summed E-state index contributed by atoms with van der Waals surface area (Å²) in [6, 6.07) is 5.38. The van der Waals surface area contributed by atoms with Crippen molar-refractivity contribution in [3.63, 3.8) is 0 Å². The molecule has 0 spiro atoms. The Hall–Kier alpha value is -1.86. The predicted molar refractivity (Wildman–Crippen MR) is 133 cm³/mol. The molecular formula is C21H30IN5O4S. The van der Waals surface area contributed by atoms with E-state index in [9.17, 15) is 13.5 Å². The van der Waals surface area contributed by atoms with E-state index in [2.05, 4.69) is 20.4 Å². The summed E-state index contributed by atoms with van der Waals surface area (Å²) < 4.78 is 31.5. The molecule has 1 aliphatic heterocycles. The van der Waals surface area contributed by atoms with Gasteiger partial charge in [-0.1, -0.05) is 11.2 Å². The highest BCUT2D eigenvalue weighted by Crippen LogP contribution is 2.30. The first kappa shape index (κ1) is 24.8. The van der Waals surface area contributed by atoms with Gasteiger partial charge in [-0.2, -0.15) is 4.31 Å². The van der Waals surface area contributed by atoms with E-state index in [0.29, 0.717) is 50.1 Å². The molecule has 2 aliphatic rings. The lowest BCUT2D eigenvalue weighted by atomic mass is 9.88. The van der Waals surface area contributed by atoms with Crippen molar-refractivity contribution in [2.24, 2.45) is 4.99 Å². The highest BCUT2D eigenvalue weighted by molar-refractivity contribution is 14.0. The van der Waals surface area contributed by atoms with Gasteiger partial charge in [0, 0.05) is 51.4 Å². The number of hydrogen-bond donors (Lipinski definition) is 2. The fourth-order valence-corrected chi connectivity index (χ4v) is 5.78. The summed E-state index contributed by atoms with van der Waals surface area (Å²) in [5, 5.41) is 17.5. The molecular weight excluding hydrogens is 545 g/mol. The maximum atomic E-state index is 12.6. The Labute approximate surface area is 205 Å². The maximum absolute atomic E-state index is 12.6. The van der Waals surface area contributed by atoms with Crippen LogP contribution in [-0.4, -0.2) is 67.1 Å². The molecule has 1 aliphatic carbocycles. The normalized spacial score (nSPS) is 17.5. The van der Waals surface area contributed by atoms with Gasteiger partial charge in [0.25, 0.3) is 0 Å². The van der Waals surface area contributed by atoms with E-state index in [0.717, 1.165) is 24.8 Å². The van der Waals surface area contributed by atoms with E-state index < -0.39 is 10.0 Å². The molecule has 32 heavy (non-hydrogen) atoms. The van der Waals surface area contributed by atoms with E-state index >= 15 is 0 Å². The van der Waals surface area contributed by atoms with Crippen LogP contribution in [0.4, 0.5) is 0 Å². The Morgan fingerprint density at radius 3 is 2.62 bits per heavy atom. The molecule has 1 aromatic heterocycles. The molecule has 2 heterocycles. The second-order valence-corrected chi connectivity index (χ2v) is 9.91. The molecule has 1 aromatic carbocycles. The first-order valence-corrected chi connectivity index (χ1v) is 12.2. The Morgan fingerprint density at radius 2 is 1.94 bits per heavy atom. The average molecular weight is 575 g/mol. The average Bonchev–Trinajstić information content (AvgIpc) is 3.28. The van der Waals surface area contributed by atoms with Crippen LogP contribution in [-0.2, 0) is 35.2 Å². The van der Waals surface area contributed by atoms with Crippen LogP contribution in [0.25, 0.3) is 0 Å². The standard InChI is InChI=1S/C21H29N5O4S.HI/c1-22-21(23-14-19-18-5-3-2-4-16(18)6-7-20(19)27)25-9-11-26(12-10-25)31(28,29)15-17-8-13-30-24-17;/h6-8,13,27H,2-5,9-12,14-15H2,1H3,(H,22,23);1H. The summed E-state index contributed by atoms with van der Waals surface area (Å²) >= 11 is 0. The fraction of sp³-hybridized carbons (Fsp3) is 0.524. The van der Waals surface area contributed by atoms with Crippen molar-refractivity contribution in [2.75, 3.05) is 33.2 Å². The Morgan fingerprint density at radius 1 is 1.19 bits per heavy atom. The van der Waals surface area contributed by atoms with Gasteiger partial charge in [-0.05, 0) is 42.9 Å². The van der Waals surface area contributed by atoms with E-state index in [1.165, 1.54) is 28.1 Å². The van der Waals surface area contributed by atoms with Gasteiger partial charge in [0.2, 0.25) is 10.0 Å². The number of nitrogens with one attached hydrogen (secondary N) is 1. The van der Waals surface area contributed by atoms with Crippen molar-refractivity contribution in [3.8, 4) is 5.75 Å². The number of hydrogen-bond acceptors (Lipinski definition) is 6. The number of phenolic OH excluding ortho intramolecular Hbond substituents is 1. The number of aliphatic imine (C=N–C) groups is 1. The molecule has 11 heteroatoms. The largest absolute Gasteiger partial charge is 0.508 e. The van der Waals surface area contributed by atoms with Crippen molar-refractivity contribution in [1.82, 2.24) is 19.7 Å². The van der Waals surface area contributed by atoms with Crippen LogP contribution in [0.3, 0.4) is 0 Å². The summed E-state index contributed by atoms with van der Waals surface area (Å²) in [6.07, 6.45) is 5.75. The lowest BCUT2D eigenvalue weighted by Crippen LogP contribution is -2.53. The number of nitrogens with zero attached hydrogens (tertiary/aromatic N) is 4. The zero-order chi connectivity index (χ0) is 21.8. The molecule has 2 N–H and O–H groups in total. The third-order valence-electron chi connectivity index (χ3n) is 6.01. The van der Waals surface area contributed by atoms with E-state index in [-0.39, 0.29) is 29.7 Å². The zero-order valence-electron chi connectivity index (χ0n) is 18.2. The monoisotopic (exact) mass is 575 g/mol. The third kappa shape index (κ3) is 5.54. The van der Waals surface area contributed by atoms with Gasteiger partial charge in [0.05, 0.1) is 5.69 Å². The molecule has 2 aromatic rings. The number of guanidine groups is 1. The Kier molecular flexibility index (Phi) is 8.39. The minimum atomic E-state index is -3.44. The number of aromatic hydroxyl groups is 1. The molecule has 0 atom stereocenters. The zero-order valence-corrected chi connectivity index (χ0v) is 21.3. The van der Waals surface area contributed by atoms with Gasteiger partial charge >= 0.3 is 0 Å². The van der Waals surface area contributed by atoms with Crippen LogP contribution in [0.15, 0.2) is 34.0 Å². The van der Waals surface area contributed by atoms with Crippen LogP contribution in [0.2, 0.25) is 0 Å². The minimum Gasteiger partial charge on any atom is -0.508 e. The molecule has 1 fully saturated rings. The van der Waals surface area contributed by atoms with Crippen LogP contribution in [0, 0.1) is 0 Å². The van der Waals surface area contributed by atoms with Crippen molar-refractivity contribution in [1.29, 1.82) is 0 Å². The number of sulfonamides is 1. The van der Waals surface area contributed by atoms with Gasteiger partial charge in [0.1, 0.15) is 17.8 Å². The number of phenols is 1. The molecule has 0 bridgehead atoms. The first-order valence-electron chi connectivity index (χ1n) is 10.6. The van der Waals surface area contributed by atoms with Crippen LogP contribution in [0.5, 0.6) is 5.75 Å². The van der Waals surface area contributed by atoms with Gasteiger partial charge in [0.15, 0.2) is 5.96 Å². The highest BCUT2D eigenvalue weighted by atomic mass is 127. The number of fused-ring (bicyclic) bond motifs is 1. The quantitative estimate of drug-likeness (QED) is 0.319. The SMILES string of the molecule is CN=C(NCc1c(O)ccc2c1CCCC2)N1CCN(S(=O)(=O)Cc2ccon2)CC1.I. The smallest absolute Gasteiger partial charge is 0.220 e. The molecule has 1 saturated heterocycles. The summed E-state index contributed by atoms with van der Waals surface area (Å²) in [4.78, 5) is 6.43. The predicted octanol–water partition coefficient (Wildman–Crippen LogP) is 2.10. The number of rotatable bonds is 5. The lowest BCUT2D eigenvalue weighted by Gasteiger charge is -2.35. The number of benzene rings is 1. The van der Waals surface area contributed by atoms with Crippen LogP contribution in [0.1, 0.15) is 35.2 Å². The van der Waals surface area contributed by atoms with Gasteiger partial charge in [-0.25, -0.2) is 8.42 Å². The van der Waals surface area contributed by atoms with Gasteiger partial charge in [-0.3, -0.25) is 4.99 Å². The molecule has 0 amide bonds. The van der Waals surface area contributed by atoms with E-state index in [1.54, 1.807) is 19.2 Å². The molecule has 0 saturated carbocycles. The van der Waals surface area contributed by atoms with Crippen LogP contribution >= 0.6 is 24.0 Å². The van der Waals surface area contributed by atoms with Crippen molar-refractivity contribution in [3.05, 3.63) is 46.8 Å². The Bertz CT molecular complexity index is 1030. The van der Waals surface area contributed by atoms with Crippen LogP contribution < -0.4 is 5.32 Å². The van der Waals surface area contributed by atoms with Crippen molar-refractivity contribution in [2.45, 2.75) is 38.0 Å². The molecule has 9 nitrogen and oxygen atoms in total. The van der Waals surface area contributed by atoms with E-state index in [1.807, 2.05) is 6.07 Å². The third-order valence-corrected chi connectivity index (χ3v) is 7.83. The molecule has 4 rings (SSSR count). The summed E-state index contributed by atoms with van der Waals surface area (Å²) in [5.74, 6) is 0.864. The van der Waals surface area contributed by atoms with Gasteiger partial charge < -0.3 is 19.8 Å². The maximum Gasteiger partial charge on any atom is 0.220 e. The molecule has 0 unspecified atom stereocenters. The summed E-state index contributed by atoms with van der Waals surface area (Å²) in [7, 11) is -1.72. The van der Waals surface area contributed by atoms with Gasteiger partial charge in [-0.15, -0.1) is 24.0 Å². The number of piperazine rings is 1. The van der Waals surface area contributed by atoms with E-state index in [4.69, 9.17) is 4.52 Å². The lowest BCUT2D eigenvalue weighted by molar-refractivity contribution is 0.259. The fourth-order valence-electron chi connectivity index (χ4n) is 4.36. The molecule has 0 radical (unpaired) electrons. The second kappa shape index (κ2) is 10.8. The number of aryl methyl sites for hydroxylation is 1. The minimum absolute atomic E-state index is 0. The van der Waals surface area contributed by atoms with Crippen molar-refractivity contribution < 1.29 is 18.0 Å². The first-order chi connectivity index (χ1) is 15.0. The topological polar surface area (TPSA) is 111 Å². The highest BCUT2D eigenvalue weighted by Gasteiger charge is 2.29. The molecule has 176 valence electrons. The number of halogens is 1. The Balaban J connectivity index is 0.00000289. The number of aromatic nitrogens is 1. The second-order valence-electron chi connectivity index (χ2n) is 7.94. The summed E-state index contributed by atoms with van der Waals surface area (Å²) in [5.41, 5.74) is 3.91. The van der Waals surface area contributed by atoms with Crippen molar-refractivity contribution >= 4 is 40.0 Å².